The Morgan fingerprint density at radius 1 is 1.00 bits per heavy atom. The predicted octanol–water partition coefficient (Wildman–Crippen LogP) is 4.46. The molecule has 0 aliphatic heterocycles. The molecule has 2 aromatic rings. The molecule has 94 valence electrons. The van der Waals surface area contributed by atoms with Crippen molar-refractivity contribution in [2.45, 2.75) is 4.83 Å². The second-order valence-corrected chi connectivity index (χ2v) is 4.72. The van der Waals surface area contributed by atoms with Crippen LogP contribution in [0, 0.1) is 11.6 Å². The first-order valence-electron chi connectivity index (χ1n) is 5.35. The van der Waals surface area contributed by atoms with Gasteiger partial charge in [-0.2, -0.15) is 0 Å². The standard InChI is InChI=1S/C14H11BrF2O/c1-18-13-7-6-11(17)8-12(13)14(15)9-2-4-10(16)5-3-9/h2-8,14H,1H3. The molecule has 1 nitrogen and oxygen atoms in total. The van der Waals surface area contributed by atoms with Crippen LogP contribution >= 0.6 is 15.9 Å². The van der Waals surface area contributed by atoms with E-state index in [1.165, 1.54) is 31.4 Å². The van der Waals surface area contributed by atoms with Gasteiger partial charge in [-0.15, -0.1) is 0 Å². The van der Waals surface area contributed by atoms with Crippen LogP contribution in [0.3, 0.4) is 0 Å². The van der Waals surface area contributed by atoms with Gasteiger partial charge in [0.1, 0.15) is 17.4 Å². The Labute approximate surface area is 113 Å². The average Bonchev–Trinajstić information content (AvgIpc) is 2.39. The van der Waals surface area contributed by atoms with Crippen LogP contribution in [-0.4, -0.2) is 7.11 Å². The normalized spacial score (nSPS) is 12.2. The highest BCUT2D eigenvalue weighted by molar-refractivity contribution is 9.09. The van der Waals surface area contributed by atoms with Gasteiger partial charge in [0.25, 0.3) is 0 Å². The van der Waals surface area contributed by atoms with Gasteiger partial charge in [-0.1, -0.05) is 28.1 Å². The van der Waals surface area contributed by atoms with E-state index >= 15 is 0 Å². The second kappa shape index (κ2) is 5.48. The summed E-state index contributed by atoms with van der Waals surface area (Å²) in [6, 6.07) is 10.4. The molecule has 0 aliphatic carbocycles. The van der Waals surface area contributed by atoms with Gasteiger partial charge in [-0.25, -0.2) is 8.78 Å². The fourth-order valence-corrected chi connectivity index (χ4v) is 2.38. The van der Waals surface area contributed by atoms with Crippen LogP contribution in [0.25, 0.3) is 0 Å². The van der Waals surface area contributed by atoms with E-state index in [9.17, 15) is 8.78 Å². The average molecular weight is 313 g/mol. The molecule has 0 amide bonds. The van der Waals surface area contributed by atoms with Crippen LogP contribution < -0.4 is 4.74 Å². The Morgan fingerprint density at radius 3 is 2.22 bits per heavy atom. The van der Waals surface area contributed by atoms with Crippen LogP contribution in [0.4, 0.5) is 8.78 Å². The molecule has 0 spiro atoms. The summed E-state index contributed by atoms with van der Waals surface area (Å²) < 4.78 is 31.3. The van der Waals surface area contributed by atoms with E-state index in [1.54, 1.807) is 18.2 Å². The molecule has 0 aromatic heterocycles. The van der Waals surface area contributed by atoms with Crippen molar-refractivity contribution in [1.29, 1.82) is 0 Å². The highest BCUT2D eigenvalue weighted by atomic mass is 79.9. The number of hydrogen-bond donors (Lipinski definition) is 0. The number of benzene rings is 2. The third kappa shape index (κ3) is 2.70. The zero-order valence-corrected chi connectivity index (χ0v) is 11.2. The van der Waals surface area contributed by atoms with E-state index in [0.29, 0.717) is 11.3 Å². The van der Waals surface area contributed by atoms with E-state index in [4.69, 9.17) is 4.74 Å². The third-order valence-corrected chi connectivity index (χ3v) is 3.65. The molecule has 0 bridgehead atoms. The Balaban J connectivity index is 2.41. The SMILES string of the molecule is COc1ccc(F)cc1C(Br)c1ccc(F)cc1. The zero-order chi connectivity index (χ0) is 13.1. The number of hydrogen-bond acceptors (Lipinski definition) is 1. The maximum absolute atomic E-state index is 13.3. The van der Waals surface area contributed by atoms with Crippen LogP contribution in [0.1, 0.15) is 16.0 Å². The molecule has 0 heterocycles. The lowest BCUT2D eigenvalue weighted by Gasteiger charge is -2.14. The molecule has 0 saturated heterocycles. The summed E-state index contributed by atoms with van der Waals surface area (Å²) >= 11 is 3.48. The topological polar surface area (TPSA) is 9.23 Å². The van der Waals surface area contributed by atoms with E-state index in [0.717, 1.165) is 5.56 Å². The molecule has 1 atom stereocenters. The molecular weight excluding hydrogens is 302 g/mol. The van der Waals surface area contributed by atoms with E-state index in [1.807, 2.05) is 0 Å². The van der Waals surface area contributed by atoms with Crippen LogP contribution in [0.5, 0.6) is 5.75 Å². The predicted molar refractivity (Wildman–Crippen MR) is 70.1 cm³/mol. The molecule has 0 fully saturated rings. The minimum Gasteiger partial charge on any atom is -0.496 e. The summed E-state index contributed by atoms with van der Waals surface area (Å²) in [5.74, 6) is -0.0513. The smallest absolute Gasteiger partial charge is 0.123 e. The van der Waals surface area contributed by atoms with Crippen LogP contribution in [0.15, 0.2) is 42.5 Å². The Bertz CT molecular complexity index is 540. The molecule has 18 heavy (non-hydrogen) atoms. The Morgan fingerprint density at radius 2 is 1.61 bits per heavy atom. The number of rotatable bonds is 3. The monoisotopic (exact) mass is 312 g/mol. The van der Waals surface area contributed by atoms with Crippen LogP contribution in [-0.2, 0) is 0 Å². The summed E-state index contributed by atoms with van der Waals surface area (Å²) in [5.41, 5.74) is 1.50. The van der Waals surface area contributed by atoms with E-state index in [2.05, 4.69) is 15.9 Å². The second-order valence-electron chi connectivity index (χ2n) is 3.80. The largest absolute Gasteiger partial charge is 0.496 e. The molecule has 0 radical (unpaired) electrons. The van der Waals surface area contributed by atoms with E-state index < -0.39 is 0 Å². The summed E-state index contributed by atoms with van der Waals surface area (Å²) in [6.45, 7) is 0. The van der Waals surface area contributed by atoms with Gasteiger partial charge in [-0.3, -0.25) is 0 Å². The van der Waals surface area contributed by atoms with Gasteiger partial charge in [0.15, 0.2) is 0 Å². The van der Waals surface area contributed by atoms with Crippen LogP contribution in [0.2, 0.25) is 0 Å². The molecule has 0 saturated carbocycles. The summed E-state index contributed by atoms with van der Waals surface area (Å²) in [5, 5.41) is 0. The van der Waals surface area contributed by atoms with Crippen molar-refractivity contribution < 1.29 is 13.5 Å². The fraction of sp³-hybridized carbons (Fsp3) is 0.143. The van der Waals surface area contributed by atoms with Crippen molar-refractivity contribution in [3.63, 3.8) is 0 Å². The lowest BCUT2D eigenvalue weighted by atomic mass is 10.0. The van der Waals surface area contributed by atoms with Gasteiger partial charge < -0.3 is 4.74 Å². The van der Waals surface area contributed by atoms with Gasteiger partial charge in [-0.05, 0) is 35.9 Å². The van der Waals surface area contributed by atoms with Gasteiger partial charge >= 0.3 is 0 Å². The van der Waals surface area contributed by atoms with Gasteiger partial charge in [0, 0.05) is 5.56 Å². The molecule has 2 rings (SSSR count). The molecular formula is C14H11BrF2O. The Kier molecular flexibility index (Phi) is 3.97. The van der Waals surface area contributed by atoms with Crippen molar-refractivity contribution in [2.75, 3.05) is 7.11 Å². The highest BCUT2D eigenvalue weighted by Gasteiger charge is 2.16. The fourth-order valence-electron chi connectivity index (χ4n) is 1.71. The number of ether oxygens (including phenoxy) is 1. The molecule has 4 heteroatoms. The number of alkyl halides is 1. The summed E-state index contributed by atoms with van der Waals surface area (Å²) in [6.07, 6.45) is 0. The maximum Gasteiger partial charge on any atom is 0.123 e. The Hall–Kier alpha value is -1.42. The molecule has 2 aromatic carbocycles. The molecule has 0 aliphatic rings. The number of halogens is 3. The van der Waals surface area contributed by atoms with Crippen molar-refractivity contribution in [1.82, 2.24) is 0 Å². The molecule has 0 N–H and O–H groups in total. The van der Waals surface area contributed by atoms with Crippen molar-refractivity contribution in [2.24, 2.45) is 0 Å². The highest BCUT2D eigenvalue weighted by Crippen LogP contribution is 2.36. The quantitative estimate of drug-likeness (QED) is 0.760. The lowest BCUT2D eigenvalue weighted by Crippen LogP contribution is -1.98. The van der Waals surface area contributed by atoms with Crippen molar-refractivity contribution >= 4 is 15.9 Å². The zero-order valence-electron chi connectivity index (χ0n) is 9.66. The summed E-state index contributed by atoms with van der Waals surface area (Å²) in [4.78, 5) is -0.247. The summed E-state index contributed by atoms with van der Waals surface area (Å²) in [7, 11) is 1.53. The van der Waals surface area contributed by atoms with E-state index in [-0.39, 0.29) is 16.5 Å². The van der Waals surface area contributed by atoms with Crippen molar-refractivity contribution in [3.05, 3.63) is 65.2 Å². The van der Waals surface area contributed by atoms with Crippen molar-refractivity contribution in [3.8, 4) is 5.75 Å². The van der Waals surface area contributed by atoms with Gasteiger partial charge in [0.2, 0.25) is 0 Å². The first-order valence-corrected chi connectivity index (χ1v) is 6.26. The number of methoxy groups -OCH3 is 1. The lowest BCUT2D eigenvalue weighted by molar-refractivity contribution is 0.409. The minimum absolute atomic E-state index is 0.247. The maximum atomic E-state index is 13.3. The third-order valence-electron chi connectivity index (χ3n) is 2.63. The first kappa shape index (κ1) is 13.0. The first-order chi connectivity index (χ1) is 8.61. The minimum atomic E-state index is -0.336. The van der Waals surface area contributed by atoms with Gasteiger partial charge in [0.05, 0.1) is 11.9 Å². The molecule has 1 unspecified atom stereocenters.